The Morgan fingerprint density at radius 1 is 1.09 bits per heavy atom. The summed E-state index contributed by atoms with van der Waals surface area (Å²) in [4.78, 5) is 41.2. The number of anilines is 1. The van der Waals surface area contributed by atoms with E-state index in [4.69, 9.17) is 24.2 Å². The summed E-state index contributed by atoms with van der Waals surface area (Å²) in [5.74, 6) is 1.34. The first-order valence-corrected chi connectivity index (χ1v) is 15.7. The first-order chi connectivity index (χ1) is 20.6. The van der Waals surface area contributed by atoms with E-state index in [1.54, 1.807) is 11.7 Å². The van der Waals surface area contributed by atoms with E-state index < -0.39 is 5.60 Å². The van der Waals surface area contributed by atoms with Crippen molar-refractivity contribution in [1.29, 1.82) is 0 Å². The number of amides is 1. The van der Waals surface area contributed by atoms with Gasteiger partial charge in [-0.25, -0.2) is 14.8 Å². The van der Waals surface area contributed by atoms with Gasteiger partial charge in [0.2, 0.25) is 0 Å². The molecule has 10 nitrogen and oxygen atoms in total. The molecule has 1 amide bonds. The lowest BCUT2D eigenvalue weighted by molar-refractivity contribution is 0.0123. The van der Waals surface area contributed by atoms with Gasteiger partial charge in [-0.3, -0.25) is 14.3 Å². The fourth-order valence-electron chi connectivity index (χ4n) is 6.24. The number of piperazine rings is 1. The average molecular weight is 604 g/mol. The maximum absolute atomic E-state index is 14.3. The Morgan fingerprint density at radius 2 is 1.81 bits per heavy atom. The highest BCUT2D eigenvalue weighted by molar-refractivity contribution is 7.98. The topological polar surface area (TPSA) is 99.0 Å². The lowest BCUT2D eigenvalue weighted by Gasteiger charge is -2.42. The number of benzene rings is 2. The molecule has 0 saturated carbocycles. The summed E-state index contributed by atoms with van der Waals surface area (Å²) >= 11 is 1.41. The van der Waals surface area contributed by atoms with Gasteiger partial charge >= 0.3 is 6.09 Å². The van der Waals surface area contributed by atoms with Crippen LogP contribution in [0.1, 0.15) is 39.2 Å². The Labute approximate surface area is 254 Å². The van der Waals surface area contributed by atoms with Crippen LogP contribution in [0.25, 0.3) is 27.4 Å². The van der Waals surface area contributed by atoms with Gasteiger partial charge in [0, 0.05) is 37.8 Å². The number of aromatic nitrogens is 3. The predicted molar refractivity (Wildman–Crippen MR) is 169 cm³/mol. The highest BCUT2D eigenvalue weighted by Crippen LogP contribution is 2.37. The Balaban J connectivity index is 1.45. The second kappa shape index (κ2) is 11.3. The number of thioether (sulfide) groups is 1. The Morgan fingerprint density at radius 3 is 2.49 bits per heavy atom. The third-order valence-electron chi connectivity index (χ3n) is 7.99. The van der Waals surface area contributed by atoms with Crippen LogP contribution in [0.5, 0.6) is 5.75 Å². The standard InChI is InChI=1S/C32H37N5O5S/c1-19-15-36(25-14-23(41-18-40-5)13-20-9-7-8-10-24(20)25)29(38)27-26(19)28(34-30(33-27)43-6)35-16-21-11-12-22(17-35)37(21)31(39)42-32(2,3)4/h7-10,13-15,21-22H,11-12,16-18H2,1-6H3. The summed E-state index contributed by atoms with van der Waals surface area (Å²) in [6.45, 7) is 8.98. The zero-order valence-corrected chi connectivity index (χ0v) is 26.2. The van der Waals surface area contributed by atoms with Crippen molar-refractivity contribution in [3.8, 4) is 11.4 Å². The highest BCUT2D eigenvalue weighted by Gasteiger charge is 2.45. The summed E-state index contributed by atoms with van der Waals surface area (Å²) in [5.41, 5.74) is 1.16. The normalized spacial score (nSPS) is 18.5. The van der Waals surface area contributed by atoms with Gasteiger partial charge in [-0.15, -0.1) is 0 Å². The van der Waals surface area contributed by atoms with Crippen LogP contribution in [0, 0.1) is 6.92 Å². The van der Waals surface area contributed by atoms with Crippen molar-refractivity contribution in [3.05, 3.63) is 58.5 Å². The minimum absolute atomic E-state index is 0.0122. The number of carbonyl (C=O) groups is 1. The second-order valence-corrected chi connectivity index (χ2v) is 12.9. The number of rotatable bonds is 6. The van der Waals surface area contributed by atoms with Gasteiger partial charge in [0.25, 0.3) is 5.56 Å². The van der Waals surface area contributed by atoms with Crippen molar-refractivity contribution in [2.45, 2.75) is 63.4 Å². The van der Waals surface area contributed by atoms with E-state index in [1.165, 1.54) is 11.8 Å². The van der Waals surface area contributed by atoms with Gasteiger partial charge in [0.05, 0.1) is 23.2 Å². The summed E-state index contributed by atoms with van der Waals surface area (Å²) < 4.78 is 18.3. The lowest BCUT2D eigenvalue weighted by atomic mass is 10.1. The summed E-state index contributed by atoms with van der Waals surface area (Å²) in [7, 11) is 1.57. The van der Waals surface area contributed by atoms with Gasteiger partial charge in [0.1, 0.15) is 22.7 Å². The molecule has 2 aromatic carbocycles. The zero-order chi connectivity index (χ0) is 30.5. The molecule has 0 spiro atoms. The van der Waals surface area contributed by atoms with Crippen LogP contribution in [0.15, 0.2) is 52.5 Å². The number of pyridine rings is 1. The molecule has 6 rings (SSSR count). The number of nitrogens with zero attached hydrogens (tertiary/aromatic N) is 5. The second-order valence-electron chi connectivity index (χ2n) is 12.1. The van der Waals surface area contributed by atoms with Crippen LogP contribution in [0.3, 0.4) is 0 Å². The number of hydrogen-bond donors (Lipinski definition) is 0. The molecule has 2 saturated heterocycles. The summed E-state index contributed by atoms with van der Waals surface area (Å²) in [6, 6.07) is 11.7. The predicted octanol–water partition coefficient (Wildman–Crippen LogP) is 5.54. The molecular formula is C32H37N5O5S. The van der Waals surface area contributed by atoms with Crippen molar-refractivity contribution in [2.24, 2.45) is 0 Å². The molecule has 0 N–H and O–H groups in total. The van der Waals surface area contributed by atoms with Crippen LogP contribution >= 0.6 is 11.8 Å². The molecule has 4 heterocycles. The molecule has 2 aliphatic heterocycles. The van der Waals surface area contributed by atoms with Crippen molar-refractivity contribution < 1.29 is 19.0 Å². The SMILES string of the molecule is COCOc1cc(-n2cc(C)c3c(N4CC5CCC(C4)N5C(=O)OC(C)(C)C)nc(SC)nc3c2=O)c2ccccc2c1. The van der Waals surface area contributed by atoms with Crippen LogP contribution in [-0.4, -0.2) is 76.5 Å². The number of hydrogen-bond acceptors (Lipinski definition) is 9. The molecule has 11 heteroatoms. The van der Waals surface area contributed by atoms with Crippen LogP contribution < -0.4 is 15.2 Å². The van der Waals surface area contributed by atoms with Gasteiger partial charge in [-0.1, -0.05) is 36.0 Å². The molecule has 2 fully saturated rings. The van der Waals surface area contributed by atoms with Crippen LogP contribution in [-0.2, 0) is 9.47 Å². The number of fused-ring (bicyclic) bond motifs is 4. The van der Waals surface area contributed by atoms with E-state index in [9.17, 15) is 9.59 Å². The Bertz CT molecular complexity index is 1750. The van der Waals surface area contributed by atoms with E-state index in [1.807, 2.05) is 81.4 Å². The maximum Gasteiger partial charge on any atom is 0.410 e. The number of methoxy groups -OCH3 is 1. The largest absolute Gasteiger partial charge is 0.467 e. The molecular weight excluding hydrogens is 566 g/mol. The Hall–Kier alpha value is -3.83. The van der Waals surface area contributed by atoms with Gasteiger partial charge in [-0.2, -0.15) is 0 Å². The smallest absolute Gasteiger partial charge is 0.410 e. The van der Waals surface area contributed by atoms with Crippen molar-refractivity contribution in [2.75, 3.05) is 38.1 Å². The first-order valence-electron chi connectivity index (χ1n) is 14.5. The van der Waals surface area contributed by atoms with Crippen LogP contribution in [0.4, 0.5) is 10.6 Å². The number of ether oxygens (including phenoxy) is 3. The molecule has 2 bridgehead atoms. The quantitative estimate of drug-likeness (QED) is 0.160. The molecule has 2 aromatic heterocycles. The molecule has 2 aliphatic rings. The molecule has 2 atom stereocenters. The van der Waals surface area contributed by atoms with E-state index in [2.05, 4.69) is 4.90 Å². The number of aryl methyl sites for hydroxylation is 1. The van der Waals surface area contributed by atoms with Gasteiger partial charge in [-0.05, 0) is 63.8 Å². The number of carbonyl (C=O) groups excluding carboxylic acids is 1. The van der Waals surface area contributed by atoms with E-state index in [0.29, 0.717) is 35.2 Å². The molecule has 2 unspecified atom stereocenters. The fourth-order valence-corrected chi connectivity index (χ4v) is 6.60. The maximum atomic E-state index is 14.3. The minimum atomic E-state index is -0.554. The molecule has 0 aliphatic carbocycles. The molecule has 43 heavy (non-hydrogen) atoms. The minimum Gasteiger partial charge on any atom is -0.467 e. The average Bonchev–Trinajstić information content (AvgIpc) is 3.25. The summed E-state index contributed by atoms with van der Waals surface area (Å²) in [6.07, 6.45) is 5.32. The highest BCUT2D eigenvalue weighted by atomic mass is 32.2. The molecule has 226 valence electrons. The van der Waals surface area contributed by atoms with Gasteiger partial charge in [0.15, 0.2) is 11.9 Å². The lowest BCUT2D eigenvalue weighted by Crippen LogP contribution is -2.57. The van der Waals surface area contributed by atoms with E-state index in [-0.39, 0.29) is 30.5 Å². The summed E-state index contributed by atoms with van der Waals surface area (Å²) in [5, 5.41) is 3.13. The van der Waals surface area contributed by atoms with Crippen molar-refractivity contribution in [1.82, 2.24) is 19.4 Å². The first kappa shape index (κ1) is 29.3. The van der Waals surface area contributed by atoms with Crippen molar-refractivity contribution >= 4 is 45.3 Å². The third kappa shape index (κ3) is 5.51. The van der Waals surface area contributed by atoms with E-state index in [0.717, 1.165) is 40.4 Å². The Kier molecular flexibility index (Phi) is 7.72. The van der Waals surface area contributed by atoms with Crippen LogP contribution in [0.2, 0.25) is 0 Å². The van der Waals surface area contributed by atoms with Gasteiger partial charge < -0.3 is 19.1 Å². The fraction of sp³-hybridized carbons (Fsp3) is 0.438. The monoisotopic (exact) mass is 603 g/mol. The molecule has 4 aromatic rings. The zero-order valence-electron chi connectivity index (χ0n) is 25.4. The third-order valence-corrected chi connectivity index (χ3v) is 8.54. The van der Waals surface area contributed by atoms with Crippen molar-refractivity contribution in [3.63, 3.8) is 0 Å². The molecule has 0 radical (unpaired) electrons. The van der Waals surface area contributed by atoms with E-state index >= 15 is 0 Å².